The van der Waals surface area contributed by atoms with Gasteiger partial charge in [0.05, 0.1) is 0 Å². The van der Waals surface area contributed by atoms with Crippen LogP contribution in [0.4, 0.5) is 0 Å². The van der Waals surface area contributed by atoms with Crippen molar-refractivity contribution in [1.82, 2.24) is 0 Å². The van der Waals surface area contributed by atoms with Crippen molar-refractivity contribution >= 4 is 21.4 Å². The highest BCUT2D eigenvalue weighted by atomic mass is 32.2. The maximum Gasteiger partial charge on any atom is 0.247 e. The fraction of sp³-hybridized carbons (Fsp3) is 0.733. The van der Waals surface area contributed by atoms with Gasteiger partial charge < -0.3 is 0 Å². The van der Waals surface area contributed by atoms with Crippen LogP contribution in [0, 0.1) is 6.92 Å². The predicted molar refractivity (Wildman–Crippen MR) is 86.9 cm³/mol. The molecule has 2 N–H and O–H groups in total. The third-order valence-corrected chi connectivity index (χ3v) is 6.54. The summed E-state index contributed by atoms with van der Waals surface area (Å²) in [6.07, 6.45) is 9.13. The number of hydrogen-bond acceptors (Lipinski definition) is 3. The van der Waals surface area contributed by atoms with Crippen LogP contribution in [0.2, 0.25) is 0 Å². The summed E-state index contributed by atoms with van der Waals surface area (Å²) in [5.41, 5.74) is 2.10. The standard InChI is InChI=1S/C15H27NO2S2/c1-4-6-7-8-9-11-14-13(10-5-2)12(3)15(19-14)20(16,17)18/h4-11H2,1-3H3,(H2,16,17,18). The first-order valence-corrected chi connectivity index (χ1v) is 9.92. The monoisotopic (exact) mass is 317 g/mol. The summed E-state index contributed by atoms with van der Waals surface area (Å²) < 4.78 is 23.6. The maximum absolute atomic E-state index is 11.6. The van der Waals surface area contributed by atoms with Crippen molar-refractivity contribution in [2.75, 3.05) is 0 Å². The molecule has 0 aliphatic carbocycles. The zero-order valence-electron chi connectivity index (χ0n) is 12.9. The lowest BCUT2D eigenvalue weighted by Crippen LogP contribution is -2.11. The summed E-state index contributed by atoms with van der Waals surface area (Å²) in [4.78, 5) is 1.23. The molecule has 1 aromatic rings. The van der Waals surface area contributed by atoms with Crippen LogP contribution in [0.3, 0.4) is 0 Å². The number of hydrogen-bond donors (Lipinski definition) is 1. The number of nitrogens with two attached hydrogens (primary N) is 1. The molecule has 0 saturated heterocycles. The van der Waals surface area contributed by atoms with E-state index in [-0.39, 0.29) is 0 Å². The summed E-state index contributed by atoms with van der Waals surface area (Å²) in [6, 6.07) is 0. The minimum atomic E-state index is -3.57. The van der Waals surface area contributed by atoms with E-state index in [1.165, 1.54) is 47.5 Å². The zero-order valence-corrected chi connectivity index (χ0v) is 14.5. The molecule has 0 fully saturated rings. The Morgan fingerprint density at radius 1 is 1.00 bits per heavy atom. The first kappa shape index (κ1) is 17.7. The van der Waals surface area contributed by atoms with Gasteiger partial charge in [-0.1, -0.05) is 46.0 Å². The van der Waals surface area contributed by atoms with E-state index in [1.54, 1.807) is 0 Å². The van der Waals surface area contributed by atoms with E-state index in [0.29, 0.717) is 4.21 Å². The summed E-state index contributed by atoms with van der Waals surface area (Å²) in [5.74, 6) is 0. The van der Waals surface area contributed by atoms with E-state index < -0.39 is 10.0 Å². The van der Waals surface area contributed by atoms with Crippen LogP contribution in [-0.2, 0) is 22.9 Å². The second-order valence-corrected chi connectivity index (χ2v) is 8.24. The van der Waals surface area contributed by atoms with E-state index >= 15 is 0 Å². The SMILES string of the molecule is CCCCCCCc1sc(S(N)(=O)=O)c(C)c1CCC. The normalized spacial score (nSPS) is 12.0. The van der Waals surface area contributed by atoms with Crippen LogP contribution in [0.25, 0.3) is 0 Å². The van der Waals surface area contributed by atoms with Crippen LogP contribution < -0.4 is 5.14 Å². The van der Waals surface area contributed by atoms with Gasteiger partial charge in [-0.2, -0.15) is 0 Å². The van der Waals surface area contributed by atoms with Crippen LogP contribution in [0.1, 0.15) is 68.4 Å². The highest BCUT2D eigenvalue weighted by Gasteiger charge is 2.21. The largest absolute Gasteiger partial charge is 0.247 e. The van der Waals surface area contributed by atoms with E-state index in [0.717, 1.165) is 31.2 Å². The van der Waals surface area contributed by atoms with Gasteiger partial charge in [-0.25, -0.2) is 13.6 Å². The van der Waals surface area contributed by atoms with Crippen LogP contribution in [0.5, 0.6) is 0 Å². The molecule has 0 amide bonds. The molecule has 5 heteroatoms. The molecular formula is C15H27NO2S2. The molecule has 0 radical (unpaired) electrons. The minimum absolute atomic E-state index is 0.365. The molecule has 1 heterocycles. The fourth-order valence-corrected chi connectivity index (χ4v) is 4.96. The Bertz CT molecular complexity index is 518. The van der Waals surface area contributed by atoms with Crippen molar-refractivity contribution in [2.24, 2.45) is 5.14 Å². The van der Waals surface area contributed by atoms with Gasteiger partial charge in [0.15, 0.2) is 0 Å². The zero-order chi connectivity index (χ0) is 15.2. The van der Waals surface area contributed by atoms with Gasteiger partial charge >= 0.3 is 0 Å². The summed E-state index contributed by atoms with van der Waals surface area (Å²) in [6.45, 7) is 6.22. The van der Waals surface area contributed by atoms with Crippen LogP contribution in [-0.4, -0.2) is 8.42 Å². The molecule has 0 saturated carbocycles. The number of unbranched alkanes of at least 4 members (excludes halogenated alkanes) is 4. The van der Waals surface area contributed by atoms with Gasteiger partial charge in [0, 0.05) is 4.88 Å². The lowest BCUT2D eigenvalue weighted by Gasteiger charge is -2.04. The van der Waals surface area contributed by atoms with Gasteiger partial charge in [0.1, 0.15) is 4.21 Å². The van der Waals surface area contributed by atoms with Gasteiger partial charge in [-0.3, -0.25) is 0 Å². The fourth-order valence-electron chi connectivity index (χ4n) is 2.52. The first-order valence-electron chi connectivity index (χ1n) is 7.55. The van der Waals surface area contributed by atoms with Crippen molar-refractivity contribution < 1.29 is 8.42 Å². The summed E-state index contributed by atoms with van der Waals surface area (Å²) in [5, 5.41) is 5.31. The van der Waals surface area contributed by atoms with E-state index in [1.807, 2.05) is 6.92 Å². The number of primary sulfonamides is 1. The first-order chi connectivity index (χ1) is 9.41. The highest BCUT2D eigenvalue weighted by molar-refractivity contribution is 7.91. The maximum atomic E-state index is 11.6. The van der Waals surface area contributed by atoms with Crippen molar-refractivity contribution in [3.8, 4) is 0 Å². The highest BCUT2D eigenvalue weighted by Crippen LogP contribution is 2.33. The van der Waals surface area contributed by atoms with Gasteiger partial charge in [-0.15, -0.1) is 11.3 Å². The third kappa shape index (κ3) is 4.86. The molecule has 116 valence electrons. The lowest BCUT2D eigenvalue weighted by atomic mass is 10.0. The molecule has 0 atom stereocenters. The molecular weight excluding hydrogens is 290 g/mol. The second-order valence-electron chi connectivity index (χ2n) is 5.38. The van der Waals surface area contributed by atoms with E-state index in [4.69, 9.17) is 5.14 Å². The Balaban J connectivity index is 2.83. The molecule has 0 bridgehead atoms. The Morgan fingerprint density at radius 3 is 2.20 bits per heavy atom. The molecule has 1 aromatic heterocycles. The molecule has 0 spiro atoms. The molecule has 1 rings (SSSR count). The topological polar surface area (TPSA) is 60.2 Å². The molecule has 20 heavy (non-hydrogen) atoms. The van der Waals surface area contributed by atoms with Crippen molar-refractivity contribution in [3.63, 3.8) is 0 Å². The second kappa shape index (κ2) is 8.15. The van der Waals surface area contributed by atoms with Gasteiger partial charge in [-0.05, 0) is 37.3 Å². The number of aryl methyl sites for hydroxylation is 1. The van der Waals surface area contributed by atoms with Gasteiger partial charge in [0.2, 0.25) is 10.0 Å². The molecule has 0 aromatic carbocycles. The Hall–Kier alpha value is -0.390. The quantitative estimate of drug-likeness (QED) is 0.695. The number of rotatable bonds is 9. The predicted octanol–water partition coefficient (Wildman–Crippen LogP) is 4.17. The Labute approximate surface area is 127 Å². The average molecular weight is 318 g/mol. The lowest BCUT2D eigenvalue weighted by molar-refractivity contribution is 0.599. The Morgan fingerprint density at radius 2 is 1.65 bits per heavy atom. The summed E-state index contributed by atoms with van der Waals surface area (Å²) >= 11 is 1.38. The van der Waals surface area contributed by atoms with Crippen molar-refractivity contribution in [2.45, 2.75) is 76.3 Å². The average Bonchev–Trinajstić information content (AvgIpc) is 2.67. The van der Waals surface area contributed by atoms with E-state index in [2.05, 4.69) is 13.8 Å². The van der Waals surface area contributed by atoms with Gasteiger partial charge in [0.25, 0.3) is 0 Å². The van der Waals surface area contributed by atoms with E-state index in [9.17, 15) is 8.42 Å². The minimum Gasteiger partial charge on any atom is -0.224 e. The molecule has 0 aliphatic rings. The van der Waals surface area contributed by atoms with Crippen molar-refractivity contribution in [1.29, 1.82) is 0 Å². The summed E-state index contributed by atoms with van der Waals surface area (Å²) in [7, 11) is -3.57. The van der Waals surface area contributed by atoms with Crippen molar-refractivity contribution in [3.05, 3.63) is 16.0 Å². The smallest absolute Gasteiger partial charge is 0.224 e. The molecule has 0 unspecified atom stereocenters. The van der Waals surface area contributed by atoms with Crippen LogP contribution in [0.15, 0.2) is 4.21 Å². The third-order valence-electron chi connectivity index (χ3n) is 3.58. The number of thiophene rings is 1. The molecule has 0 aliphatic heterocycles. The van der Waals surface area contributed by atoms with Crippen LogP contribution >= 0.6 is 11.3 Å². The Kier molecular flexibility index (Phi) is 7.20. The number of sulfonamides is 1. The molecule has 3 nitrogen and oxygen atoms in total.